The maximum absolute atomic E-state index is 3.77. The van der Waals surface area contributed by atoms with E-state index in [0.717, 1.165) is 34.1 Å². The molecule has 0 aliphatic heterocycles. The third-order valence-electron chi connectivity index (χ3n) is 5.37. The van der Waals surface area contributed by atoms with Crippen molar-refractivity contribution in [3.05, 3.63) is 0 Å². The van der Waals surface area contributed by atoms with Gasteiger partial charge in [0.05, 0.1) is 0 Å². The number of hydrogen-bond donors (Lipinski definition) is 1. The van der Waals surface area contributed by atoms with Crippen molar-refractivity contribution in [2.24, 2.45) is 23.7 Å². The molecule has 0 aliphatic carbocycles. The third kappa shape index (κ3) is 9.10. The predicted molar refractivity (Wildman–Crippen MR) is 111 cm³/mol. The molecule has 0 spiro atoms. The van der Waals surface area contributed by atoms with Crippen LogP contribution in [-0.4, -0.2) is 16.5 Å². The van der Waals surface area contributed by atoms with Gasteiger partial charge in [-0.25, -0.2) is 0 Å². The zero-order valence-corrected chi connectivity index (χ0v) is 18.4. The van der Waals surface area contributed by atoms with Gasteiger partial charge in [-0.2, -0.15) is 0 Å². The Morgan fingerprint density at radius 2 is 1.45 bits per heavy atom. The second kappa shape index (κ2) is 13.0. The molecule has 0 amide bonds. The molecular weight excluding hydrogens is 381 g/mol. The van der Waals surface area contributed by atoms with Crippen LogP contribution in [0.25, 0.3) is 0 Å². The smallest absolute Gasteiger partial charge is 0.0155 e. The van der Waals surface area contributed by atoms with Gasteiger partial charge >= 0.3 is 0 Å². The van der Waals surface area contributed by atoms with Crippen LogP contribution in [0.4, 0.5) is 0 Å². The molecule has 0 heterocycles. The minimum atomic E-state index is 0.640. The molecule has 0 rings (SSSR count). The van der Waals surface area contributed by atoms with Crippen LogP contribution >= 0.6 is 22.6 Å². The van der Waals surface area contributed by atoms with Crippen LogP contribution in [0.1, 0.15) is 87.0 Å². The molecule has 4 unspecified atom stereocenters. The zero-order chi connectivity index (χ0) is 17.1. The summed E-state index contributed by atoms with van der Waals surface area (Å²) in [6.07, 6.45) is 8.16. The van der Waals surface area contributed by atoms with E-state index in [-0.39, 0.29) is 0 Å². The molecule has 0 aromatic carbocycles. The molecule has 0 fully saturated rings. The normalized spacial score (nSPS) is 17.7. The van der Waals surface area contributed by atoms with Gasteiger partial charge in [0, 0.05) is 9.97 Å². The van der Waals surface area contributed by atoms with Gasteiger partial charge in [-0.15, -0.1) is 0 Å². The molecule has 0 aromatic heterocycles. The first-order valence-electron chi connectivity index (χ1n) is 9.74. The Balaban J connectivity index is 4.41. The lowest BCUT2D eigenvalue weighted by Gasteiger charge is -2.32. The molecule has 0 radical (unpaired) electrons. The van der Waals surface area contributed by atoms with E-state index in [1.807, 2.05) is 0 Å². The molecule has 0 aromatic rings. The van der Waals surface area contributed by atoms with Crippen molar-refractivity contribution in [1.29, 1.82) is 0 Å². The highest BCUT2D eigenvalue weighted by Crippen LogP contribution is 2.34. The van der Waals surface area contributed by atoms with Gasteiger partial charge in [0.2, 0.25) is 0 Å². The highest BCUT2D eigenvalue weighted by Gasteiger charge is 2.26. The molecule has 134 valence electrons. The van der Waals surface area contributed by atoms with Gasteiger partial charge < -0.3 is 5.32 Å². The van der Waals surface area contributed by atoms with E-state index in [9.17, 15) is 0 Å². The van der Waals surface area contributed by atoms with Crippen LogP contribution in [0.15, 0.2) is 0 Å². The zero-order valence-electron chi connectivity index (χ0n) is 16.3. The largest absolute Gasteiger partial charge is 0.314 e. The molecule has 1 nitrogen and oxygen atoms in total. The highest BCUT2D eigenvalue weighted by atomic mass is 127. The Hall–Kier alpha value is 0.690. The van der Waals surface area contributed by atoms with Crippen molar-refractivity contribution >= 4 is 22.6 Å². The van der Waals surface area contributed by atoms with E-state index in [1.54, 1.807) is 0 Å². The lowest BCUT2D eigenvalue weighted by atomic mass is 9.80. The standard InChI is InChI=1S/C20H42IN/c1-8-11-18(12-9-2)19(10-3)20(21)13-17(7)22-14-16(6)15(4)5/h15-20,22H,8-14H2,1-7H3. The summed E-state index contributed by atoms with van der Waals surface area (Å²) in [6, 6.07) is 0.640. The lowest BCUT2D eigenvalue weighted by molar-refractivity contribution is 0.264. The number of hydrogen-bond acceptors (Lipinski definition) is 1. The van der Waals surface area contributed by atoms with Gasteiger partial charge in [-0.05, 0) is 43.6 Å². The number of alkyl halides is 1. The van der Waals surface area contributed by atoms with Gasteiger partial charge in [-0.1, -0.05) is 96.2 Å². The summed E-state index contributed by atoms with van der Waals surface area (Å²) < 4.78 is 0.808. The fourth-order valence-corrected chi connectivity index (χ4v) is 5.28. The highest BCUT2D eigenvalue weighted by molar-refractivity contribution is 14.1. The molecule has 0 bridgehead atoms. The van der Waals surface area contributed by atoms with Gasteiger partial charge in [0.15, 0.2) is 0 Å². The molecule has 1 N–H and O–H groups in total. The lowest BCUT2D eigenvalue weighted by Crippen LogP contribution is -2.36. The van der Waals surface area contributed by atoms with Crippen molar-refractivity contribution in [1.82, 2.24) is 5.32 Å². The predicted octanol–water partition coefficient (Wildman–Crippen LogP) is 6.69. The van der Waals surface area contributed by atoms with Crippen molar-refractivity contribution in [3.8, 4) is 0 Å². The van der Waals surface area contributed by atoms with E-state index in [1.165, 1.54) is 38.5 Å². The van der Waals surface area contributed by atoms with Crippen LogP contribution in [0.3, 0.4) is 0 Å². The molecular formula is C20H42IN. The molecule has 0 aliphatic rings. The molecule has 22 heavy (non-hydrogen) atoms. The topological polar surface area (TPSA) is 12.0 Å². The van der Waals surface area contributed by atoms with Crippen LogP contribution < -0.4 is 5.32 Å². The minimum Gasteiger partial charge on any atom is -0.314 e. The SMILES string of the molecule is CCCC(CCC)C(CC)C(I)CC(C)NCC(C)C(C)C. The summed E-state index contributed by atoms with van der Waals surface area (Å²) >= 11 is 2.74. The average molecular weight is 423 g/mol. The van der Waals surface area contributed by atoms with E-state index in [0.29, 0.717) is 6.04 Å². The molecule has 0 saturated carbocycles. The van der Waals surface area contributed by atoms with E-state index >= 15 is 0 Å². The summed E-state index contributed by atoms with van der Waals surface area (Å²) in [4.78, 5) is 0. The van der Waals surface area contributed by atoms with Crippen LogP contribution in [0.5, 0.6) is 0 Å². The summed E-state index contributed by atoms with van der Waals surface area (Å²) in [7, 11) is 0. The van der Waals surface area contributed by atoms with E-state index in [4.69, 9.17) is 0 Å². The van der Waals surface area contributed by atoms with Crippen molar-refractivity contribution in [2.75, 3.05) is 6.54 Å². The van der Waals surface area contributed by atoms with Gasteiger partial charge in [0.1, 0.15) is 0 Å². The summed E-state index contributed by atoms with van der Waals surface area (Å²) in [5.41, 5.74) is 0. The average Bonchev–Trinajstić information content (AvgIpc) is 2.45. The van der Waals surface area contributed by atoms with E-state index < -0.39 is 0 Å². The van der Waals surface area contributed by atoms with Crippen molar-refractivity contribution in [3.63, 3.8) is 0 Å². The van der Waals surface area contributed by atoms with Gasteiger partial charge in [-0.3, -0.25) is 0 Å². The van der Waals surface area contributed by atoms with E-state index in [2.05, 4.69) is 76.4 Å². The fourth-order valence-electron chi connectivity index (χ4n) is 3.42. The first-order chi connectivity index (χ1) is 10.4. The Morgan fingerprint density at radius 3 is 1.86 bits per heavy atom. The third-order valence-corrected chi connectivity index (χ3v) is 6.80. The number of rotatable bonds is 13. The second-order valence-electron chi connectivity index (χ2n) is 7.69. The first-order valence-corrected chi connectivity index (χ1v) is 11.0. The fraction of sp³-hybridized carbons (Fsp3) is 1.00. The number of nitrogens with one attached hydrogen (secondary N) is 1. The minimum absolute atomic E-state index is 0.640. The summed E-state index contributed by atoms with van der Waals surface area (Å²) in [5.74, 6) is 3.37. The van der Waals surface area contributed by atoms with Crippen LogP contribution in [-0.2, 0) is 0 Å². The maximum Gasteiger partial charge on any atom is 0.0155 e. The summed E-state index contributed by atoms with van der Waals surface area (Å²) in [5, 5.41) is 3.77. The Morgan fingerprint density at radius 1 is 0.909 bits per heavy atom. The molecule has 4 atom stereocenters. The monoisotopic (exact) mass is 423 g/mol. The molecule has 2 heteroatoms. The van der Waals surface area contributed by atoms with Crippen LogP contribution in [0, 0.1) is 23.7 Å². The maximum atomic E-state index is 3.77. The van der Waals surface area contributed by atoms with Crippen molar-refractivity contribution in [2.45, 2.75) is 97.0 Å². The second-order valence-corrected chi connectivity index (χ2v) is 9.29. The number of halogens is 1. The summed E-state index contributed by atoms with van der Waals surface area (Å²) in [6.45, 7) is 17.6. The quantitative estimate of drug-likeness (QED) is 0.257. The Bertz CT molecular complexity index is 248. The van der Waals surface area contributed by atoms with Crippen LogP contribution in [0.2, 0.25) is 0 Å². The first kappa shape index (κ1) is 22.7. The molecule has 0 saturated heterocycles. The van der Waals surface area contributed by atoms with Crippen molar-refractivity contribution < 1.29 is 0 Å². The van der Waals surface area contributed by atoms with Gasteiger partial charge in [0.25, 0.3) is 0 Å². The Kier molecular flexibility index (Phi) is 13.4. The Labute approximate surface area is 154 Å².